The van der Waals surface area contributed by atoms with E-state index in [0.717, 1.165) is 34.5 Å². The van der Waals surface area contributed by atoms with Gasteiger partial charge in [-0.2, -0.15) is 0 Å². The summed E-state index contributed by atoms with van der Waals surface area (Å²) in [6, 6.07) is 7.38. The summed E-state index contributed by atoms with van der Waals surface area (Å²) >= 11 is 0. The van der Waals surface area contributed by atoms with Gasteiger partial charge in [0, 0.05) is 35.4 Å². The molecule has 5 rings (SSSR count). The van der Waals surface area contributed by atoms with Crippen LogP contribution in [0.25, 0.3) is 0 Å². The van der Waals surface area contributed by atoms with Gasteiger partial charge in [-0.3, -0.25) is 4.79 Å². The first kappa shape index (κ1) is 19.6. The first-order valence-corrected chi connectivity index (χ1v) is 10.2. The van der Waals surface area contributed by atoms with Gasteiger partial charge in [-0.1, -0.05) is 13.8 Å². The molecule has 1 atom stereocenters. The Morgan fingerprint density at radius 2 is 1.68 bits per heavy atom. The Labute approximate surface area is 180 Å². The van der Waals surface area contributed by atoms with Crippen molar-refractivity contribution in [3.05, 3.63) is 46.7 Å². The van der Waals surface area contributed by atoms with Crippen LogP contribution in [-0.2, 0) is 4.79 Å². The summed E-state index contributed by atoms with van der Waals surface area (Å²) in [5.41, 5.74) is 4.11. The molecular weight excluding hydrogens is 398 g/mol. The standard InChI is InChI=1S/C24H25NO6/c1-24(2)9-15-22(16(26)10-24)21(12-5-19(28-3)23(27)20(6-12)29-4)13-7-17-18(31-11-30-17)8-14(13)25-15/h5-8,21,25,27H,9-11H2,1-4H3/t21-/m0/s1. The Balaban J connectivity index is 1.76. The average Bonchev–Trinajstić information content (AvgIpc) is 3.17. The van der Waals surface area contributed by atoms with Gasteiger partial charge in [0.1, 0.15) is 0 Å². The van der Waals surface area contributed by atoms with Gasteiger partial charge in [0.2, 0.25) is 12.5 Å². The average molecular weight is 423 g/mol. The number of ether oxygens (including phenoxy) is 4. The number of carbonyl (C=O) groups is 1. The minimum absolute atomic E-state index is 0.0705. The maximum Gasteiger partial charge on any atom is 0.231 e. The van der Waals surface area contributed by atoms with Crippen molar-refractivity contribution in [2.45, 2.75) is 32.6 Å². The van der Waals surface area contributed by atoms with Crippen molar-refractivity contribution in [2.75, 3.05) is 26.3 Å². The number of allylic oxidation sites excluding steroid dienone is 2. The molecule has 0 amide bonds. The van der Waals surface area contributed by atoms with Crippen molar-refractivity contribution < 1.29 is 28.8 Å². The van der Waals surface area contributed by atoms with Gasteiger partial charge in [0.15, 0.2) is 28.8 Å². The van der Waals surface area contributed by atoms with E-state index in [-0.39, 0.29) is 29.7 Å². The number of Topliss-reactive ketones (excluding diaryl/α,β-unsaturated/α-hetero) is 1. The van der Waals surface area contributed by atoms with Crippen molar-refractivity contribution in [3.8, 4) is 28.7 Å². The molecule has 31 heavy (non-hydrogen) atoms. The molecular formula is C24H25NO6. The number of phenols is 1. The van der Waals surface area contributed by atoms with Crippen LogP contribution < -0.4 is 24.3 Å². The fraction of sp³-hybridized carbons (Fsp3) is 0.375. The summed E-state index contributed by atoms with van der Waals surface area (Å²) < 4.78 is 22.0. The van der Waals surface area contributed by atoms with E-state index in [0.29, 0.717) is 29.4 Å². The normalized spacial score (nSPS) is 20.6. The van der Waals surface area contributed by atoms with Gasteiger partial charge in [0.05, 0.1) is 14.2 Å². The maximum atomic E-state index is 13.4. The number of aromatic hydroxyl groups is 1. The Kier molecular flexibility index (Phi) is 4.32. The van der Waals surface area contributed by atoms with Crippen LogP contribution in [0.2, 0.25) is 0 Å². The van der Waals surface area contributed by atoms with Crippen LogP contribution in [0.1, 0.15) is 43.7 Å². The highest BCUT2D eigenvalue weighted by atomic mass is 16.7. The zero-order valence-corrected chi connectivity index (χ0v) is 18.0. The van der Waals surface area contributed by atoms with Crippen molar-refractivity contribution >= 4 is 11.5 Å². The monoisotopic (exact) mass is 423 g/mol. The molecule has 162 valence electrons. The zero-order valence-electron chi connectivity index (χ0n) is 18.0. The first-order valence-electron chi connectivity index (χ1n) is 10.2. The summed E-state index contributed by atoms with van der Waals surface area (Å²) in [5, 5.41) is 13.9. The topological polar surface area (TPSA) is 86.3 Å². The SMILES string of the molecule is COc1cc([C@@H]2C3=C(CC(C)(C)CC3=O)Nc3cc4c(cc32)OCO4)cc(OC)c1O. The van der Waals surface area contributed by atoms with Crippen molar-refractivity contribution in [1.82, 2.24) is 0 Å². The van der Waals surface area contributed by atoms with Crippen LogP contribution in [0, 0.1) is 5.41 Å². The van der Waals surface area contributed by atoms with Crippen LogP contribution in [0.4, 0.5) is 5.69 Å². The summed E-state index contributed by atoms with van der Waals surface area (Å²) in [7, 11) is 2.98. The summed E-state index contributed by atoms with van der Waals surface area (Å²) in [4.78, 5) is 13.4. The molecule has 7 heteroatoms. The lowest BCUT2D eigenvalue weighted by Crippen LogP contribution is -2.33. The van der Waals surface area contributed by atoms with Crippen LogP contribution >= 0.6 is 0 Å². The largest absolute Gasteiger partial charge is 0.502 e. The third-order valence-corrected chi connectivity index (χ3v) is 6.19. The number of carbonyl (C=O) groups excluding carboxylic acids is 1. The number of rotatable bonds is 3. The fourth-order valence-corrected chi connectivity index (χ4v) is 4.83. The summed E-state index contributed by atoms with van der Waals surface area (Å²) in [5.74, 6) is 1.60. The molecule has 0 fully saturated rings. The van der Waals surface area contributed by atoms with Crippen LogP contribution in [0.5, 0.6) is 28.7 Å². The third kappa shape index (κ3) is 3.07. The predicted octanol–water partition coefficient (Wildman–Crippen LogP) is 4.34. The van der Waals surface area contributed by atoms with E-state index in [1.54, 1.807) is 12.1 Å². The Bertz CT molecular complexity index is 1110. The number of anilines is 1. The molecule has 0 unspecified atom stereocenters. The minimum atomic E-state index is -0.354. The Morgan fingerprint density at radius 1 is 1.03 bits per heavy atom. The highest BCUT2D eigenvalue weighted by molar-refractivity contribution is 6.02. The number of ketones is 1. The molecule has 2 N–H and O–H groups in total. The molecule has 0 radical (unpaired) electrons. The number of benzene rings is 2. The first-order chi connectivity index (χ1) is 14.8. The second kappa shape index (κ2) is 6.83. The lowest BCUT2D eigenvalue weighted by molar-refractivity contribution is -0.118. The van der Waals surface area contributed by atoms with Crippen LogP contribution in [-0.4, -0.2) is 31.9 Å². The summed E-state index contributed by atoms with van der Waals surface area (Å²) in [6.45, 7) is 4.38. The number of hydrogen-bond acceptors (Lipinski definition) is 7. The Morgan fingerprint density at radius 3 is 2.32 bits per heavy atom. The molecule has 0 saturated carbocycles. The Hall–Kier alpha value is -3.35. The number of methoxy groups -OCH3 is 2. The van der Waals surface area contributed by atoms with E-state index in [4.69, 9.17) is 18.9 Å². The van der Waals surface area contributed by atoms with E-state index in [1.807, 2.05) is 12.1 Å². The molecule has 2 aromatic rings. The number of phenolic OH excluding ortho intramolecular Hbond substituents is 1. The van der Waals surface area contributed by atoms with E-state index in [2.05, 4.69) is 19.2 Å². The number of fused-ring (bicyclic) bond motifs is 2. The fourth-order valence-electron chi connectivity index (χ4n) is 4.83. The zero-order chi connectivity index (χ0) is 21.9. The van der Waals surface area contributed by atoms with E-state index < -0.39 is 0 Å². The lowest BCUT2D eigenvalue weighted by atomic mass is 9.68. The predicted molar refractivity (Wildman–Crippen MR) is 114 cm³/mol. The van der Waals surface area contributed by atoms with Gasteiger partial charge in [0.25, 0.3) is 0 Å². The maximum absolute atomic E-state index is 13.4. The van der Waals surface area contributed by atoms with Crippen molar-refractivity contribution in [1.29, 1.82) is 0 Å². The molecule has 2 aliphatic heterocycles. The van der Waals surface area contributed by atoms with E-state index in [1.165, 1.54) is 14.2 Å². The second-order valence-corrected chi connectivity index (χ2v) is 8.96. The van der Waals surface area contributed by atoms with Gasteiger partial charge < -0.3 is 29.4 Å². The molecule has 2 heterocycles. The molecule has 0 spiro atoms. The molecule has 1 aliphatic carbocycles. The van der Waals surface area contributed by atoms with Crippen molar-refractivity contribution in [3.63, 3.8) is 0 Å². The quantitative estimate of drug-likeness (QED) is 0.760. The third-order valence-electron chi connectivity index (χ3n) is 6.19. The molecule has 0 saturated heterocycles. The van der Waals surface area contributed by atoms with Gasteiger partial charge in [-0.05, 0) is 41.2 Å². The second-order valence-electron chi connectivity index (χ2n) is 8.96. The van der Waals surface area contributed by atoms with Crippen LogP contribution in [0.15, 0.2) is 35.5 Å². The number of nitrogens with one attached hydrogen (secondary N) is 1. The highest BCUT2D eigenvalue weighted by Crippen LogP contribution is 2.53. The minimum Gasteiger partial charge on any atom is -0.502 e. The molecule has 2 aromatic carbocycles. The summed E-state index contributed by atoms with van der Waals surface area (Å²) in [6.07, 6.45) is 1.22. The molecule has 0 aromatic heterocycles. The van der Waals surface area contributed by atoms with Gasteiger partial charge >= 0.3 is 0 Å². The molecule has 3 aliphatic rings. The molecule has 7 nitrogen and oxygen atoms in total. The van der Waals surface area contributed by atoms with Crippen molar-refractivity contribution in [2.24, 2.45) is 5.41 Å². The van der Waals surface area contributed by atoms with E-state index in [9.17, 15) is 9.90 Å². The van der Waals surface area contributed by atoms with Gasteiger partial charge in [-0.15, -0.1) is 0 Å². The smallest absolute Gasteiger partial charge is 0.231 e. The van der Waals surface area contributed by atoms with Crippen LogP contribution in [0.3, 0.4) is 0 Å². The highest BCUT2D eigenvalue weighted by Gasteiger charge is 2.41. The number of hydrogen-bond donors (Lipinski definition) is 2. The van der Waals surface area contributed by atoms with E-state index >= 15 is 0 Å². The van der Waals surface area contributed by atoms with Gasteiger partial charge in [-0.25, -0.2) is 0 Å². The lowest BCUT2D eigenvalue weighted by Gasteiger charge is -2.39. The molecule has 0 bridgehead atoms.